The number of fused-ring (bicyclic) bond motifs is 1. The van der Waals surface area contributed by atoms with Crippen LogP contribution in [0, 0.1) is 17.0 Å². The van der Waals surface area contributed by atoms with Crippen LogP contribution in [0.2, 0.25) is 0 Å². The summed E-state index contributed by atoms with van der Waals surface area (Å²) in [6, 6.07) is 7.77. The van der Waals surface area contributed by atoms with E-state index in [1.165, 1.54) is 25.1 Å². The number of carbonyl (C=O) groups is 1. The van der Waals surface area contributed by atoms with Crippen molar-refractivity contribution in [3.8, 4) is 11.5 Å². The van der Waals surface area contributed by atoms with Gasteiger partial charge in [0.05, 0.1) is 10.5 Å². The Morgan fingerprint density at radius 3 is 2.75 bits per heavy atom. The Morgan fingerprint density at radius 2 is 2.04 bits per heavy atom. The van der Waals surface area contributed by atoms with Crippen molar-refractivity contribution in [2.45, 2.75) is 13.5 Å². The molecule has 124 valence electrons. The predicted octanol–water partition coefficient (Wildman–Crippen LogP) is 3.75. The number of ether oxygens (including phenoxy) is 3. The molecule has 0 aliphatic carbocycles. The van der Waals surface area contributed by atoms with E-state index in [0.29, 0.717) is 17.1 Å². The molecule has 0 atom stereocenters. The molecule has 0 amide bonds. The molecular weight excluding hydrogens is 382 g/mol. The first-order valence-corrected chi connectivity index (χ1v) is 7.76. The maximum Gasteiger partial charge on any atom is 0.338 e. The molecule has 7 nitrogen and oxygen atoms in total. The topological polar surface area (TPSA) is 87.9 Å². The number of hydrogen-bond donors (Lipinski definition) is 0. The highest BCUT2D eigenvalue weighted by molar-refractivity contribution is 9.10. The third-order valence-electron chi connectivity index (χ3n) is 3.62. The van der Waals surface area contributed by atoms with Gasteiger partial charge in [0, 0.05) is 21.7 Å². The van der Waals surface area contributed by atoms with E-state index in [1.807, 2.05) is 0 Å². The highest BCUT2D eigenvalue weighted by atomic mass is 79.9. The zero-order valence-corrected chi connectivity index (χ0v) is 14.2. The van der Waals surface area contributed by atoms with Gasteiger partial charge in [0.15, 0.2) is 11.5 Å². The van der Waals surface area contributed by atoms with Crippen LogP contribution in [0.15, 0.2) is 34.8 Å². The second kappa shape index (κ2) is 6.48. The number of nitrogens with zero attached hydrogens (tertiary/aromatic N) is 1. The van der Waals surface area contributed by atoms with Gasteiger partial charge in [-0.25, -0.2) is 4.79 Å². The van der Waals surface area contributed by atoms with Crippen LogP contribution >= 0.6 is 15.9 Å². The van der Waals surface area contributed by atoms with Crippen LogP contribution in [0.3, 0.4) is 0 Å². The number of rotatable bonds is 4. The zero-order valence-electron chi connectivity index (χ0n) is 12.6. The first-order chi connectivity index (χ1) is 11.5. The minimum absolute atomic E-state index is 0.00180. The van der Waals surface area contributed by atoms with Gasteiger partial charge in [-0.2, -0.15) is 0 Å². The summed E-state index contributed by atoms with van der Waals surface area (Å²) in [5, 5.41) is 11.0. The lowest BCUT2D eigenvalue weighted by Gasteiger charge is -2.09. The Balaban J connectivity index is 1.77. The normalized spacial score (nSPS) is 12.1. The van der Waals surface area contributed by atoms with Crippen molar-refractivity contribution in [2.24, 2.45) is 0 Å². The zero-order chi connectivity index (χ0) is 17.3. The van der Waals surface area contributed by atoms with Gasteiger partial charge in [0.25, 0.3) is 5.69 Å². The Kier molecular flexibility index (Phi) is 4.39. The molecule has 2 aromatic carbocycles. The molecule has 0 saturated heterocycles. The van der Waals surface area contributed by atoms with Crippen LogP contribution in [-0.4, -0.2) is 17.7 Å². The molecule has 0 spiro atoms. The Morgan fingerprint density at radius 1 is 1.33 bits per heavy atom. The van der Waals surface area contributed by atoms with Crippen molar-refractivity contribution in [3.05, 3.63) is 61.6 Å². The monoisotopic (exact) mass is 393 g/mol. The molecule has 0 aromatic heterocycles. The smallest absolute Gasteiger partial charge is 0.338 e. The standard InChI is InChI=1S/C16H12BrNO6/c1-9-11(3-2-4-13(9)18(20)21)16(19)22-7-10-5-14-15(6-12(10)17)24-8-23-14/h2-6H,7-8H2,1H3. The highest BCUT2D eigenvalue weighted by Gasteiger charge is 2.20. The number of nitro benzene ring substituents is 1. The predicted molar refractivity (Wildman–Crippen MR) is 87.2 cm³/mol. The third-order valence-corrected chi connectivity index (χ3v) is 4.36. The largest absolute Gasteiger partial charge is 0.457 e. The average molecular weight is 394 g/mol. The number of halogens is 1. The molecule has 0 bridgehead atoms. The lowest BCUT2D eigenvalue weighted by molar-refractivity contribution is -0.385. The van der Waals surface area contributed by atoms with Crippen molar-refractivity contribution in [2.75, 3.05) is 6.79 Å². The molecule has 8 heteroatoms. The van der Waals surface area contributed by atoms with E-state index in [2.05, 4.69) is 15.9 Å². The van der Waals surface area contributed by atoms with Crippen molar-refractivity contribution < 1.29 is 23.9 Å². The molecule has 2 aromatic rings. The van der Waals surface area contributed by atoms with Gasteiger partial charge in [-0.3, -0.25) is 10.1 Å². The van der Waals surface area contributed by atoms with Crippen LogP contribution in [0.4, 0.5) is 5.69 Å². The fourth-order valence-electron chi connectivity index (χ4n) is 2.33. The summed E-state index contributed by atoms with van der Waals surface area (Å²) in [5.41, 5.74) is 1.03. The quantitative estimate of drug-likeness (QED) is 0.446. The molecule has 1 aliphatic rings. The van der Waals surface area contributed by atoms with E-state index < -0.39 is 10.9 Å². The van der Waals surface area contributed by atoms with Crippen LogP contribution in [0.25, 0.3) is 0 Å². The summed E-state index contributed by atoms with van der Waals surface area (Å²) >= 11 is 3.39. The number of benzene rings is 2. The minimum Gasteiger partial charge on any atom is -0.457 e. The molecule has 0 fully saturated rings. The maximum absolute atomic E-state index is 12.2. The summed E-state index contributed by atoms with van der Waals surface area (Å²) < 4.78 is 16.5. The molecule has 0 N–H and O–H groups in total. The van der Waals surface area contributed by atoms with Gasteiger partial charge in [0.1, 0.15) is 6.61 Å². The fraction of sp³-hybridized carbons (Fsp3) is 0.188. The van der Waals surface area contributed by atoms with Gasteiger partial charge in [-0.1, -0.05) is 22.0 Å². The van der Waals surface area contributed by atoms with Gasteiger partial charge in [-0.15, -0.1) is 0 Å². The molecule has 0 saturated carbocycles. The molecule has 0 radical (unpaired) electrons. The maximum atomic E-state index is 12.2. The summed E-state index contributed by atoms with van der Waals surface area (Å²) in [6.45, 7) is 1.67. The Hall–Kier alpha value is -2.61. The van der Waals surface area contributed by atoms with Crippen LogP contribution in [0.5, 0.6) is 11.5 Å². The van der Waals surface area contributed by atoms with Gasteiger partial charge >= 0.3 is 5.97 Å². The second-order valence-corrected chi connectivity index (χ2v) is 5.93. The van der Waals surface area contributed by atoms with Crippen molar-refractivity contribution in [1.29, 1.82) is 0 Å². The highest BCUT2D eigenvalue weighted by Crippen LogP contribution is 2.37. The summed E-state index contributed by atoms with van der Waals surface area (Å²) in [4.78, 5) is 22.7. The van der Waals surface area contributed by atoms with E-state index in [4.69, 9.17) is 14.2 Å². The number of hydrogen-bond acceptors (Lipinski definition) is 6. The SMILES string of the molecule is Cc1c(C(=O)OCc2cc3c(cc2Br)OCO3)cccc1[N+](=O)[O-]. The Bertz CT molecular complexity index is 836. The Labute approximate surface area is 145 Å². The van der Waals surface area contributed by atoms with E-state index >= 15 is 0 Å². The van der Waals surface area contributed by atoms with Gasteiger partial charge in [0.2, 0.25) is 6.79 Å². The summed E-state index contributed by atoms with van der Waals surface area (Å²) in [5.74, 6) is 0.572. The van der Waals surface area contributed by atoms with Crippen molar-refractivity contribution in [1.82, 2.24) is 0 Å². The lowest BCUT2D eigenvalue weighted by Crippen LogP contribution is -2.08. The van der Waals surface area contributed by atoms with Crippen molar-refractivity contribution >= 4 is 27.6 Å². The van der Waals surface area contributed by atoms with Crippen LogP contribution in [-0.2, 0) is 11.3 Å². The molecule has 0 unspecified atom stereocenters. The minimum atomic E-state index is -0.624. The molecule has 24 heavy (non-hydrogen) atoms. The third kappa shape index (κ3) is 3.05. The van der Waals surface area contributed by atoms with Crippen LogP contribution < -0.4 is 9.47 Å². The average Bonchev–Trinajstić information content (AvgIpc) is 2.99. The molecule has 1 aliphatic heterocycles. The molecule has 1 heterocycles. The van der Waals surface area contributed by atoms with E-state index in [-0.39, 0.29) is 30.2 Å². The second-order valence-electron chi connectivity index (χ2n) is 5.08. The number of carbonyl (C=O) groups excluding carboxylic acids is 1. The van der Waals surface area contributed by atoms with E-state index in [1.54, 1.807) is 12.1 Å². The van der Waals surface area contributed by atoms with E-state index in [9.17, 15) is 14.9 Å². The number of nitro groups is 1. The summed E-state index contributed by atoms with van der Waals surface area (Å²) in [6.07, 6.45) is 0. The van der Waals surface area contributed by atoms with Gasteiger partial charge < -0.3 is 14.2 Å². The van der Waals surface area contributed by atoms with Crippen molar-refractivity contribution in [3.63, 3.8) is 0 Å². The van der Waals surface area contributed by atoms with Crippen LogP contribution in [0.1, 0.15) is 21.5 Å². The first kappa shape index (κ1) is 16.3. The summed E-state index contributed by atoms with van der Waals surface area (Å²) in [7, 11) is 0. The molecule has 3 rings (SSSR count). The van der Waals surface area contributed by atoms with E-state index in [0.717, 1.165) is 4.47 Å². The van der Waals surface area contributed by atoms with Gasteiger partial charge in [-0.05, 0) is 25.1 Å². The lowest BCUT2D eigenvalue weighted by atomic mass is 10.1. The fourth-order valence-corrected chi connectivity index (χ4v) is 2.77. The first-order valence-electron chi connectivity index (χ1n) is 6.96. The molecular formula is C16H12BrNO6. The number of esters is 1.